The van der Waals surface area contributed by atoms with Crippen LogP contribution in [-0.4, -0.2) is 17.0 Å². The molecule has 2 N–H and O–H groups in total. The van der Waals surface area contributed by atoms with Gasteiger partial charge >= 0.3 is 5.97 Å². The van der Waals surface area contributed by atoms with Crippen molar-refractivity contribution in [1.82, 2.24) is 5.32 Å². The molecular weight excluding hydrogens is 278 g/mol. The Morgan fingerprint density at radius 1 is 1.30 bits per heavy atom. The van der Waals surface area contributed by atoms with Crippen LogP contribution >= 0.6 is 11.6 Å². The Hall–Kier alpha value is -1.55. The van der Waals surface area contributed by atoms with Crippen LogP contribution in [0.25, 0.3) is 0 Å². The number of benzene rings is 1. The van der Waals surface area contributed by atoms with Crippen LogP contribution in [0.3, 0.4) is 0 Å². The fourth-order valence-corrected chi connectivity index (χ4v) is 2.85. The maximum Gasteiger partial charge on any atom is 0.306 e. The summed E-state index contributed by atoms with van der Waals surface area (Å²) >= 11 is 5.88. The van der Waals surface area contributed by atoms with Gasteiger partial charge in [0.25, 0.3) is 0 Å². The summed E-state index contributed by atoms with van der Waals surface area (Å²) in [4.78, 5) is 23.1. The molecule has 1 aliphatic rings. The summed E-state index contributed by atoms with van der Waals surface area (Å²) in [6, 6.07) is 7.33. The van der Waals surface area contributed by atoms with E-state index in [0.717, 1.165) is 18.4 Å². The van der Waals surface area contributed by atoms with Gasteiger partial charge in [-0.2, -0.15) is 0 Å². The summed E-state index contributed by atoms with van der Waals surface area (Å²) in [5, 5.41) is 12.5. The Morgan fingerprint density at radius 3 is 2.75 bits per heavy atom. The van der Waals surface area contributed by atoms with Gasteiger partial charge in [-0.1, -0.05) is 30.2 Å². The fraction of sp³-hybridized carbons (Fsp3) is 0.467. The third-order valence-corrected chi connectivity index (χ3v) is 3.99. The Balaban J connectivity index is 1.87. The van der Waals surface area contributed by atoms with Gasteiger partial charge in [-0.05, 0) is 37.0 Å². The molecule has 1 aliphatic carbocycles. The molecule has 2 unspecified atom stereocenters. The number of hydrogen-bond donors (Lipinski definition) is 2. The van der Waals surface area contributed by atoms with Gasteiger partial charge in [0.15, 0.2) is 0 Å². The minimum absolute atomic E-state index is 0.0593. The van der Waals surface area contributed by atoms with Crippen LogP contribution < -0.4 is 5.32 Å². The number of carbonyl (C=O) groups is 2. The first kappa shape index (κ1) is 14.9. The van der Waals surface area contributed by atoms with Gasteiger partial charge in [-0.3, -0.25) is 9.59 Å². The smallest absolute Gasteiger partial charge is 0.306 e. The molecule has 1 aromatic carbocycles. The number of hydrogen-bond acceptors (Lipinski definition) is 2. The van der Waals surface area contributed by atoms with Crippen LogP contribution in [0.1, 0.15) is 31.2 Å². The van der Waals surface area contributed by atoms with Gasteiger partial charge < -0.3 is 10.4 Å². The van der Waals surface area contributed by atoms with E-state index in [2.05, 4.69) is 5.32 Å². The fourth-order valence-electron chi connectivity index (χ4n) is 2.63. The summed E-state index contributed by atoms with van der Waals surface area (Å²) < 4.78 is 0. The molecule has 0 spiro atoms. The number of amides is 1. The largest absolute Gasteiger partial charge is 0.481 e. The zero-order valence-corrected chi connectivity index (χ0v) is 11.9. The molecule has 0 aliphatic heterocycles. The van der Waals surface area contributed by atoms with Crippen LogP contribution in [0.2, 0.25) is 5.02 Å². The predicted molar refractivity (Wildman–Crippen MR) is 76.4 cm³/mol. The number of carboxylic acid groups (broad SMARTS) is 1. The third-order valence-electron chi connectivity index (χ3n) is 3.75. The summed E-state index contributed by atoms with van der Waals surface area (Å²) in [7, 11) is 0. The van der Waals surface area contributed by atoms with Crippen LogP contribution in [0, 0.1) is 11.8 Å². The second kappa shape index (κ2) is 6.75. The van der Waals surface area contributed by atoms with Crippen molar-refractivity contribution in [3.05, 3.63) is 34.9 Å². The second-order valence-electron chi connectivity index (χ2n) is 5.25. The zero-order chi connectivity index (χ0) is 14.5. The van der Waals surface area contributed by atoms with E-state index in [4.69, 9.17) is 16.7 Å². The van der Waals surface area contributed by atoms with Crippen molar-refractivity contribution >= 4 is 23.5 Å². The van der Waals surface area contributed by atoms with E-state index < -0.39 is 5.97 Å². The SMILES string of the molecule is O=C(O)C1CCCC(C(=O)NCc2cccc(Cl)c2)C1. The monoisotopic (exact) mass is 295 g/mol. The highest BCUT2D eigenvalue weighted by Gasteiger charge is 2.30. The molecule has 1 amide bonds. The molecule has 0 saturated heterocycles. The molecule has 1 aromatic rings. The van der Waals surface area contributed by atoms with Gasteiger partial charge in [0.2, 0.25) is 5.91 Å². The lowest BCUT2D eigenvalue weighted by Crippen LogP contribution is -2.35. The van der Waals surface area contributed by atoms with E-state index in [1.54, 1.807) is 6.07 Å². The lowest BCUT2D eigenvalue weighted by Gasteiger charge is -2.25. The Labute approximate surface area is 123 Å². The maximum absolute atomic E-state index is 12.1. The number of aliphatic carboxylic acids is 1. The van der Waals surface area contributed by atoms with Crippen molar-refractivity contribution in [2.24, 2.45) is 11.8 Å². The average molecular weight is 296 g/mol. The quantitative estimate of drug-likeness (QED) is 0.897. The Bertz CT molecular complexity index is 504. The zero-order valence-electron chi connectivity index (χ0n) is 11.1. The first-order valence-corrected chi connectivity index (χ1v) is 7.19. The lowest BCUT2D eigenvalue weighted by molar-refractivity contribution is -0.144. The maximum atomic E-state index is 12.1. The van der Waals surface area contributed by atoms with Gasteiger partial charge in [0.1, 0.15) is 0 Å². The van der Waals surface area contributed by atoms with Crippen LogP contribution in [0.15, 0.2) is 24.3 Å². The van der Waals surface area contributed by atoms with Crippen molar-refractivity contribution < 1.29 is 14.7 Å². The van der Waals surface area contributed by atoms with Gasteiger partial charge in [-0.15, -0.1) is 0 Å². The molecule has 2 rings (SSSR count). The topological polar surface area (TPSA) is 66.4 Å². The minimum Gasteiger partial charge on any atom is -0.481 e. The second-order valence-corrected chi connectivity index (χ2v) is 5.68. The molecule has 0 bridgehead atoms. The summed E-state index contributed by atoms with van der Waals surface area (Å²) in [5.74, 6) is -1.43. The average Bonchev–Trinajstić information content (AvgIpc) is 2.45. The molecular formula is C15H18ClNO3. The molecule has 1 fully saturated rings. The van der Waals surface area contributed by atoms with Crippen LogP contribution in [0.4, 0.5) is 0 Å². The number of halogens is 1. The molecule has 108 valence electrons. The first-order chi connectivity index (χ1) is 9.56. The molecule has 4 nitrogen and oxygen atoms in total. The Kier molecular flexibility index (Phi) is 5.01. The molecule has 1 saturated carbocycles. The normalized spacial score (nSPS) is 22.2. The first-order valence-electron chi connectivity index (χ1n) is 6.81. The molecule has 2 atom stereocenters. The van der Waals surface area contributed by atoms with E-state index in [9.17, 15) is 9.59 Å². The molecule has 0 radical (unpaired) electrons. The van der Waals surface area contributed by atoms with Crippen molar-refractivity contribution in [2.45, 2.75) is 32.2 Å². The number of rotatable bonds is 4. The van der Waals surface area contributed by atoms with Gasteiger partial charge in [0.05, 0.1) is 5.92 Å². The highest BCUT2D eigenvalue weighted by Crippen LogP contribution is 2.29. The van der Waals surface area contributed by atoms with Crippen molar-refractivity contribution in [3.8, 4) is 0 Å². The van der Waals surface area contributed by atoms with Gasteiger partial charge in [0, 0.05) is 17.5 Å². The van der Waals surface area contributed by atoms with Crippen molar-refractivity contribution in [1.29, 1.82) is 0 Å². The summed E-state index contributed by atoms with van der Waals surface area (Å²) in [5.41, 5.74) is 0.941. The standard InChI is InChI=1S/C15H18ClNO3/c16-13-6-1-3-10(7-13)9-17-14(18)11-4-2-5-12(8-11)15(19)20/h1,3,6-7,11-12H,2,4-5,8-9H2,(H,17,18)(H,19,20). The van der Waals surface area contributed by atoms with E-state index >= 15 is 0 Å². The summed E-state index contributed by atoms with van der Waals surface area (Å²) in [6.07, 6.45) is 2.68. The highest BCUT2D eigenvalue weighted by molar-refractivity contribution is 6.30. The minimum atomic E-state index is -0.794. The van der Waals surface area contributed by atoms with Crippen LogP contribution in [0.5, 0.6) is 0 Å². The lowest BCUT2D eigenvalue weighted by atomic mass is 9.81. The Morgan fingerprint density at radius 2 is 2.05 bits per heavy atom. The summed E-state index contributed by atoms with van der Waals surface area (Å²) in [6.45, 7) is 0.424. The third kappa shape index (κ3) is 3.97. The molecule has 20 heavy (non-hydrogen) atoms. The van der Waals surface area contributed by atoms with E-state index in [0.29, 0.717) is 24.4 Å². The molecule has 5 heteroatoms. The number of carbonyl (C=O) groups excluding carboxylic acids is 1. The van der Waals surface area contributed by atoms with E-state index in [1.165, 1.54) is 0 Å². The van der Waals surface area contributed by atoms with Gasteiger partial charge in [-0.25, -0.2) is 0 Å². The highest BCUT2D eigenvalue weighted by atomic mass is 35.5. The number of nitrogens with one attached hydrogen (secondary N) is 1. The number of carboxylic acids is 1. The predicted octanol–water partition coefficient (Wildman–Crippen LogP) is 2.85. The molecule has 0 aromatic heterocycles. The van der Waals surface area contributed by atoms with Crippen molar-refractivity contribution in [2.75, 3.05) is 0 Å². The van der Waals surface area contributed by atoms with E-state index in [1.807, 2.05) is 18.2 Å². The van der Waals surface area contributed by atoms with Crippen LogP contribution in [-0.2, 0) is 16.1 Å². The van der Waals surface area contributed by atoms with Crippen molar-refractivity contribution in [3.63, 3.8) is 0 Å². The molecule has 0 heterocycles. The van der Waals surface area contributed by atoms with E-state index in [-0.39, 0.29) is 17.7 Å².